The number of aryl methyl sites for hydroxylation is 1. The highest BCUT2D eigenvalue weighted by Crippen LogP contribution is 2.28. The number of nitrogens with one attached hydrogen (secondary N) is 1. The van der Waals surface area contributed by atoms with E-state index in [1.54, 1.807) is 12.5 Å². The minimum Gasteiger partial charge on any atom is -0.339 e. The van der Waals surface area contributed by atoms with E-state index < -0.39 is 0 Å². The van der Waals surface area contributed by atoms with Crippen molar-refractivity contribution in [2.24, 2.45) is 7.05 Å². The van der Waals surface area contributed by atoms with Gasteiger partial charge < -0.3 is 14.8 Å². The van der Waals surface area contributed by atoms with E-state index in [0.717, 1.165) is 41.6 Å². The van der Waals surface area contributed by atoms with Crippen LogP contribution in [0.25, 0.3) is 11.0 Å². The van der Waals surface area contributed by atoms with E-state index >= 15 is 0 Å². The van der Waals surface area contributed by atoms with Crippen molar-refractivity contribution in [3.63, 3.8) is 0 Å². The first-order valence-corrected chi connectivity index (χ1v) is 9.54. The molecule has 134 valence electrons. The molecule has 0 bridgehead atoms. The molecule has 7 heteroatoms. The van der Waals surface area contributed by atoms with Crippen LogP contribution in [0.5, 0.6) is 0 Å². The monoisotopic (exact) mass is 413 g/mol. The van der Waals surface area contributed by atoms with Gasteiger partial charge in [0.15, 0.2) is 5.82 Å². The zero-order valence-electron chi connectivity index (χ0n) is 14.6. The summed E-state index contributed by atoms with van der Waals surface area (Å²) in [7, 11) is 1.91. The zero-order chi connectivity index (χ0) is 18.1. The van der Waals surface area contributed by atoms with Gasteiger partial charge in [0.25, 0.3) is 5.91 Å². The summed E-state index contributed by atoms with van der Waals surface area (Å²) in [6.07, 6.45) is 6.72. The molecular weight excluding hydrogens is 394 g/mol. The molecule has 1 N–H and O–H groups in total. The lowest BCUT2D eigenvalue weighted by Gasteiger charge is -2.27. The summed E-state index contributed by atoms with van der Waals surface area (Å²) in [4.78, 5) is 23.9. The van der Waals surface area contributed by atoms with E-state index in [1.807, 2.05) is 40.8 Å². The number of hydrogen-bond donors (Lipinski definition) is 1. The van der Waals surface area contributed by atoms with Gasteiger partial charge in [-0.2, -0.15) is 0 Å². The molecule has 3 heterocycles. The maximum Gasteiger partial charge on any atom is 0.257 e. The molecule has 1 aliphatic heterocycles. The summed E-state index contributed by atoms with van der Waals surface area (Å²) >= 11 is 3.47. The Bertz CT molecular complexity index is 962. The van der Waals surface area contributed by atoms with Gasteiger partial charge in [-0.1, -0.05) is 22.0 Å². The fraction of sp³-hybridized carbons (Fsp3) is 0.316. The number of rotatable bonds is 3. The minimum absolute atomic E-state index is 0.0415. The van der Waals surface area contributed by atoms with Crippen molar-refractivity contribution in [2.45, 2.75) is 19.3 Å². The molecule has 26 heavy (non-hydrogen) atoms. The number of nitrogens with zero attached hydrogens (tertiary/aromatic N) is 4. The number of anilines is 2. The van der Waals surface area contributed by atoms with Gasteiger partial charge in [0, 0.05) is 36.5 Å². The standard InChI is InChI=1S/C19H20BrN5O/c1-24-12-22-16-17(24)15(19(26)25-8-3-2-4-9-25)11-21-18(16)23-14-7-5-6-13(20)10-14/h5-7,10-12H,2-4,8-9H2,1H3,(H,21,23). The second kappa shape index (κ2) is 7.07. The molecule has 1 aromatic carbocycles. The topological polar surface area (TPSA) is 63.1 Å². The van der Waals surface area contributed by atoms with Crippen molar-refractivity contribution in [1.82, 2.24) is 19.4 Å². The third-order valence-corrected chi connectivity index (χ3v) is 5.19. The predicted molar refractivity (Wildman–Crippen MR) is 106 cm³/mol. The molecule has 0 spiro atoms. The van der Waals surface area contributed by atoms with E-state index in [4.69, 9.17) is 0 Å². The molecule has 2 aromatic heterocycles. The van der Waals surface area contributed by atoms with E-state index in [9.17, 15) is 4.79 Å². The number of aromatic nitrogens is 3. The third-order valence-electron chi connectivity index (χ3n) is 4.70. The molecular formula is C19H20BrN5O. The Morgan fingerprint density at radius 3 is 2.77 bits per heavy atom. The van der Waals surface area contributed by atoms with E-state index in [2.05, 4.69) is 31.2 Å². The number of benzene rings is 1. The molecule has 1 saturated heterocycles. The van der Waals surface area contributed by atoms with E-state index in [1.165, 1.54) is 6.42 Å². The van der Waals surface area contributed by atoms with Crippen molar-refractivity contribution < 1.29 is 4.79 Å². The van der Waals surface area contributed by atoms with Crippen LogP contribution >= 0.6 is 15.9 Å². The second-order valence-electron chi connectivity index (χ2n) is 6.56. The Hall–Kier alpha value is -2.41. The number of likely N-dealkylation sites (tertiary alicyclic amines) is 1. The maximum absolute atomic E-state index is 13.0. The zero-order valence-corrected chi connectivity index (χ0v) is 16.2. The molecule has 0 aliphatic carbocycles. The fourth-order valence-corrected chi connectivity index (χ4v) is 3.79. The van der Waals surface area contributed by atoms with E-state index in [0.29, 0.717) is 16.9 Å². The minimum atomic E-state index is 0.0415. The number of hydrogen-bond acceptors (Lipinski definition) is 4. The van der Waals surface area contributed by atoms with Crippen LogP contribution in [0.4, 0.5) is 11.5 Å². The van der Waals surface area contributed by atoms with Crippen LogP contribution in [-0.4, -0.2) is 38.4 Å². The highest BCUT2D eigenvalue weighted by molar-refractivity contribution is 9.10. The highest BCUT2D eigenvalue weighted by atomic mass is 79.9. The van der Waals surface area contributed by atoms with Crippen LogP contribution in [0, 0.1) is 0 Å². The molecule has 1 aliphatic rings. The average Bonchev–Trinajstić information content (AvgIpc) is 3.05. The Morgan fingerprint density at radius 2 is 2.00 bits per heavy atom. The molecule has 4 rings (SSSR count). The molecule has 1 amide bonds. The lowest BCUT2D eigenvalue weighted by atomic mass is 10.1. The van der Waals surface area contributed by atoms with Gasteiger partial charge in [-0.3, -0.25) is 4.79 Å². The molecule has 6 nitrogen and oxygen atoms in total. The van der Waals surface area contributed by atoms with Crippen LogP contribution in [0.15, 0.2) is 41.3 Å². The Kier molecular flexibility index (Phi) is 4.63. The van der Waals surface area contributed by atoms with Gasteiger partial charge >= 0.3 is 0 Å². The third kappa shape index (κ3) is 3.19. The average molecular weight is 414 g/mol. The van der Waals surface area contributed by atoms with Crippen LogP contribution < -0.4 is 5.32 Å². The lowest BCUT2D eigenvalue weighted by Crippen LogP contribution is -2.35. The second-order valence-corrected chi connectivity index (χ2v) is 7.48. The van der Waals surface area contributed by atoms with Crippen molar-refractivity contribution in [3.8, 4) is 0 Å². The summed E-state index contributed by atoms with van der Waals surface area (Å²) in [5.74, 6) is 0.689. The summed E-state index contributed by atoms with van der Waals surface area (Å²) in [6, 6.07) is 7.86. The first-order valence-electron chi connectivity index (χ1n) is 8.75. The van der Waals surface area contributed by atoms with E-state index in [-0.39, 0.29) is 5.91 Å². The van der Waals surface area contributed by atoms with Gasteiger partial charge in [-0.05, 0) is 37.5 Å². The SMILES string of the molecule is Cn1cnc2c(Nc3cccc(Br)c3)ncc(C(=O)N3CCCCC3)c21. The normalized spacial score (nSPS) is 14.6. The van der Waals surface area contributed by atoms with Crippen LogP contribution in [-0.2, 0) is 7.05 Å². The van der Waals surface area contributed by atoms with Crippen molar-refractivity contribution in [3.05, 3.63) is 46.8 Å². The first-order chi connectivity index (χ1) is 12.6. The number of fused-ring (bicyclic) bond motifs is 1. The molecule has 0 atom stereocenters. The number of pyridine rings is 1. The number of imidazole rings is 1. The quantitative estimate of drug-likeness (QED) is 0.701. The summed E-state index contributed by atoms with van der Waals surface area (Å²) in [6.45, 7) is 1.63. The molecule has 1 fully saturated rings. The lowest BCUT2D eigenvalue weighted by molar-refractivity contribution is 0.0725. The smallest absolute Gasteiger partial charge is 0.257 e. The number of amides is 1. The van der Waals surface area contributed by atoms with Crippen LogP contribution in [0.2, 0.25) is 0 Å². The number of halogens is 1. The maximum atomic E-state index is 13.0. The van der Waals surface area contributed by atoms with Crippen molar-refractivity contribution in [1.29, 1.82) is 0 Å². The van der Waals surface area contributed by atoms with Gasteiger partial charge in [-0.25, -0.2) is 9.97 Å². The van der Waals surface area contributed by atoms with Gasteiger partial charge in [0.1, 0.15) is 5.52 Å². The Labute approximate surface area is 160 Å². The number of carbonyl (C=O) groups excluding carboxylic acids is 1. The first kappa shape index (κ1) is 17.0. The summed E-state index contributed by atoms with van der Waals surface area (Å²) in [5.41, 5.74) is 3.04. The van der Waals surface area contributed by atoms with Crippen LogP contribution in [0.3, 0.4) is 0 Å². The van der Waals surface area contributed by atoms with Gasteiger partial charge in [0.2, 0.25) is 0 Å². The largest absolute Gasteiger partial charge is 0.339 e. The predicted octanol–water partition coefficient (Wildman–Crippen LogP) is 4.10. The van der Waals surface area contributed by atoms with Gasteiger partial charge in [0.05, 0.1) is 17.4 Å². The molecule has 0 saturated carbocycles. The Morgan fingerprint density at radius 1 is 1.19 bits per heavy atom. The molecule has 0 unspecified atom stereocenters. The van der Waals surface area contributed by atoms with Crippen molar-refractivity contribution >= 4 is 44.4 Å². The Balaban J connectivity index is 1.73. The summed E-state index contributed by atoms with van der Waals surface area (Å²) in [5, 5.41) is 3.30. The number of piperidine rings is 1. The number of carbonyl (C=O) groups is 1. The molecule has 3 aromatic rings. The molecule has 0 radical (unpaired) electrons. The van der Waals surface area contributed by atoms with Crippen LogP contribution in [0.1, 0.15) is 29.6 Å². The fourth-order valence-electron chi connectivity index (χ4n) is 3.39. The highest BCUT2D eigenvalue weighted by Gasteiger charge is 2.23. The summed E-state index contributed by atoms with van der Waals surface area (Å²) < 4.78 is 2.87. The van der Waals surface area contributed by atoms with Gasteiger partial charge in [-0.15, -0.1) is 0 Å². The van der Waals surface area contributed by atoms with Crippen molar-refractivity contribution in [2.75, 3.05) is 18.4 Å².